The zero-order valence-electron chi connectivity index (χ0n) is 7.42. The number of nitrogens with two attached hydrogens (primary N) is 1. The molecule has 13 heavy (non-hydrogen) atoms. The van der Waals surface area contributed by atoms with Crippen LogP contribution in [0.2, 0.25) is 0 Å². The second kappa shape index (κ2) is 3.30. The van der Waals surface area contributed by atoms with Crippen molar-refractivity contribution in [1.82, 2.24) is 5.43 Å². The smallest absolute Gasteiger partial charge is 0.245 e. The number of hydrogen-bond acceptors (Lipinski definition) is 3. The van der Waals surface area contributed by atoms with Gasteiger partial charge in [-0.05, 0) is 19.3 Å². The maximum Gasteiger partial charge on any atom is 0.245 e. The van der Waals surface area contributed by atoms with Gasteiger partial charge >= 0.3 is 0 Å². The molecule has 2 aliphatic rings. The molecule has 0 fully saturated rings. The Morgan fingerprint density at radius 2 is 2.31 bits per heavy atom. The van der Waals surface area contributed by atoms with Crippen molar-refractivity contribution in [3.63, 3.8) is 0 Å². The van der Waals surface area contributed by atoms with Gasteiger partial charge in [0, 0.05) is 23.7 Å². The van der Waals surface area contributed by atoms with Crippen molar-refractivity contribution in [2.45, 2.75) is 25.7 Å². The number of carbonyl (C=O) groups excluding carboxylic acids is 1. The van der Waals surface area contributed by atoms with Crippen LogP contribution in [-0.2, 0) is 4.79 Å². The number of rotatable bonds is 1. The average Bonchev–Trinajstić information content (AvgIpc) is 2.17. The fourth-order valence-corrected chi connectivity index (χ4v) is 1.87. The molecule has 1 aliphatic carbocycles. The number of nitrogens with one attached hydrogen (secondary N) is 1. The molecule has 1 heterocycles. The molecule has 4 nitrogen and oxygen atoms in total. The van der Waals surface area contributed by atoms with Crippen molar-refractivity contribution in [3.05, 3.63) is 11.8 Å². The summed E-state index contributed by atoms with van der Waals surface area (Å²) < 4.78 is 0. The molecule has 1 unspecified atom stereocenters. The van der Waals surface area contributed by atoms with E-state index in [1.165, 1.54) is 0 Å². The van der Waals surface area contributed by atoms with E-state index in [4.69, 9.17) is 5.84 Å². The molecule has 0 aromatic carbocycles. The molecule has 3 N–H and O–H groups in total. The molecule has 0 aromatic heterocycles. The molecule has 1 amide bonds. The van der Waals surface area contributed by atoms with Crippen LogP contribution in [0, 0.1) is 5.92 Å². The van der Waals surface area contributed by atoms with Crippen LogP contribution in [0.4, 0.5) is 0 Å². The third-order valence-electron chi connectivity index (χ3n) is 2.60. The number of amides is 1. The van der Waals surface area contributed by atoms with Gasteiger partial charge in [-0.3, -0.25) is 10.6 Å². The van der Waals surface area contributed by atoms with E-state index >= 15 is 0 Å². The molecule has 0 saturated heterocycles. The normalized spacial score (nSPS) is 27.5. The van der Waals surface area contributed by atoms with E-state index in [-0.39, 0.29) is 5.91 Å². The third-order valence-corrected chi connectivity index (χ3v) is 2.60. The highest BCUT2D eigenvalue weighted by Gasteiger charge is 2.24. The quantitative estimate of drug-likeness (QED) is 0.455. The predicted molar refractivity (Wildman–Crippen MR) is 49.8 cm³/mol. The molecule has 70 valence electrons. The topological polar surface area (TPSA) is 67.5 Å². The van der Waals surface area contributed by atoms with Gasteiger partial charge in [-0.1, -0.05) is 6.08 Å². The van der Waals surface area contributed by atoms with Crippen LogP contribution in [0.25, 0.3) is 0 Å². The second-order valence-corrected chi connectivity index (χ2v) is 3.48. The molecule has 1 aliphatic heterocycles. The Morgan fingerprint density at radius 1 is 1.46 bits per heavy atom. The summed E-state index contributed by atoms with van der Waals surface area (Å²) in [4.78, 5) is 15.1. The van der Waals surface area contributed by atoms with Gasteiger partial charge in [0.1, 0.15) is 0 Å². The van der Waals surface area contributed by atoms with E-state index in [1.807, 2.05) is 0 Å². The largest absolute Gasteiger partial charge is 0.329 e. The number of hydrazine groups is 1. The number of nitrogens with zero attached hydrogens (tertiary/aromatic N) is 1. The Bertz CT molecular complexity index is 293. The lowest BCUT2D eigenvalue weighted by Crippen LogP contribution is -2.30. The molecular formula is C9H13N3O. The number of fused-ring (bicyclic) bond motifs is 1. The molecule has 2 rings (SSSR count). The third kappa shape index (κ3) is 1.62. The molecule has 0 aromatic rings. The van der Waals surface area contributed by atoms with Crippen molar-refractivity contribution in [1.29, 1.82) is 0 Å². The Labute approximate surface area is 76.9 Å². The minimum atomic E-state index is 0.0313. The van der Waals surface area contributed by atoms with Crippen molar-refractivity contribution in [2.75, 3.05) is 0 Å². The number of aliphatic imine (C=N–C) groups is 1. The highest BCUT2D eigenvalue weighted by molar-refractivity contribution is 6.00. The highest BCUT2D eigenvalue weighted by Crippen LogP contribution is 2.26. The van der Waals surface area contributed by atoms with Gasteiger partial charge in [0.25, 0.3) is 0 Å². The molecular weight excluding hydrogens is 166 g/mol. The maximum atomic E-state index is 11.0. The zero-order valence-corrected chi connectivity index (χ0v) is 7.42. The predicted octanol–water partition coefficient (Wildman–Crippen LogP) is 0.505. The monoisotopic (exact) mass is 179 g/mol. The SMILES string of the molecule is NNC1=CC2CCC(=O)N=C2CC1. The first-order valence-corrected chi connectivity index (χ1v) is 4.57. The summed E-state index contributed by atoms with van der Waals surface area (Å²) in [5.74, 6) is 5.70. The minimum absolute atomic E-state index is 0.0313. The Morgan fingerprint density at radius 3 is 3.08 bits per heavy atom. The second-order valence-electron chi connectivity index (χ2n) is 3.48. The Kier molecular flexibility index (Phi) is 2.14. The zero-order chi connectivity index (χ0) is 9.26. The van der Waals surface area contributed by atoms with Crippen LogP contribution < -0.4 is 11.3 Å². The standard InChI is InChI=1S/C9H13N3O/c10-12-7-2-3-8-6(5-7)1-4-9(13)11-8/h5-6,12H,1-4,10H2. The van der Waals surface area contributed by atoms with E-state index in [1.54, 1.807) is 0 Å². The summed E-state index contributed by atoms with van der Waals surface area (Å²) >= 11 is 0. The Hall–Kier alpha value is -1.16. The van der Waals surface area contributed by atoms with Crippen LogP contribution in [0.5, 0.6) is 0 Å². The maximum absolute atomic E-state index is 11.0. The molecule has 0 spiro atoms. The molecule has 1 atom stereocenters. The van der Waals surface area contributed by atoms with Gasteiger partial charge in [-0.2, -0.15) is 0 Å². The number of allylic oxidation sites excluding steroid dienone is 2. The van der Waals surface area contributed by atoms with E-state index in [2.05, 4.69) is 16.5 Å². The van der Waals surface area contributed by atoms with Gasteiger partial charge in [0.05, 0.1) is 0 Å². The minimum Gasteiger partial charge on any atom is -0.329 e. The van der Waals surface area contributed by atoms with Crippen LogP contribution >= 0.6 is 0 Å². The summed E-state index contributed by atoms with van der Waals surface area (Å²) in [7, 11) is 0. The average molecular weight is 179 g/mol. The lowest BCUT2D eigenvalue weighted by molar-refractivity contribution is -0.118. The lowest BCUT2D eigenvalue weighted by atomic mass is 9.86. The molecule has 0 bridgehead atoms. The Balaban J connectivity index is 2.21. The first-order chi connectivity index (χ1) is 6.29. The molecule has 4 heteroatoms. The van der Waals surface area contributed by atoms with E-state index in [0.29, 0.717) is 12.3 Å². The van der Waals surface area contributed by atoms with Gasteiger partial charge in [-0.15, -0.1) is 0 Å². The first-order valence-electron chi connectivity index (χ1n) is 4.57. The van der Waals surface area contributed by atoms with Gasteiger partial charge in [-0.25, -0.2) is 4.99 Å². The first kappa shape index (κ1) is 8.44. The van der Waals surface area contributed by atoms with Crippen LogP contribution in [0.15, 0.2) is 16.8 Å². The van der Waals surface area contributed by atoms with Gasteiger partial charge < -0.3 is 5.43 Å². The molecule has 0 radical (unpaired) electrons. The summed E-state index contributed by atoms with van der Waals surface area (Å²) in [5.41, 5.74) is 4.77. The summed E-state index contributed by atoms with van der Waals surface area (Å²) in [5, 5.41) is 0. The van der Waals surface area contributed by atoms with Crippen molar-refractivity contribution in [3.8, 4) is 0 Å². The molecule has 0 saturated carbocycles. The number of carbonyl (C=O) groups is 1. The van der Waals surface area contributed by atoms with E-state index < -0.39 is 0 Å². The van der Waals surface area contributed by atoms with Crippen LogP contribution in [0.1, 0.15) is 25.7 Å². The summed E-state index contributed by atoms with van der Waals surface area (Å²) in [6.07, 6.45) is 5.30. The lowest BCUT2D eigenvalue weighted by Gasteiger charge is -2.25. The number of hydrogen-bond donors (Lipinski definition) is 2. The highest BCUT2D eigenvalue weighted by atomic mass is 16.1. The fourth-order valence-electron chi connectivity index (χ4n) is 1.87. The van der Waals surface area contributed by atoms with Gasteiger partial charge in [0.2, 0.25) is 5.91 Å². The van der Waals surface area contributed by atoms with E-state index in [9.17, 15) is 4.79 Å². The van der Waals surface area contributed by atoms with Crippen LogP contribution in [0.3, 0.4) is 0 Å². The van der Waals surface area contributed by atoms with Crippen molar-refractivity contribution in [2.24, 2.45) is 16.8 Å². The fraction of sp³-hybridized carbons (Fsp3) is 0.556. The van der Waals surface area contributed by atoms with E-state index in [0.717, 1.165) is 30.7 Å². The van der Waals surface area contributed by atoms with Crippen molar-refractivity contribution < 1.29 is 4.79 Å². The summed E-state index contributed by atoms with van der Waals surface area (Å²) in [6.45, 7) is 0. The van der Waals surface area contributed by atoms with Gasteiger partial charge in [0.15, 0.2) is 0 Å². The summed E-state index contributed by atoms with van der Waals surface area (Å²) in [6, 6.07) is 0. The van der Waals surface area contributed by atoms with Crippen LogP contribution in [-0.4, -0.2) is 11.6 Å². The van der Waals surface area contributed by atoms with Crippen molar-refractivity contribution >= 4 is 11.6 Å².